The van der Waals surface area contributed by atoms with Crippen LogP contribution in [0.25, 0.3) is 0 Å². The highest BCUT2D eigenvalue weighted by atomic mass is 79.9. The number of nitrogens with zero attached hydrogens (tertiary/aromatic N) is 3. The average Bonchev–Trinajstić information content (AvgIpc) is 2.48. The second-order valence-electron chi connectivity index (χ2n) is 4.66. The van der Waals surface area contributed by atoms with Crippen LogP contribution in [0.1, 0.15) is 26.0 Å². The molecule has 1 heterocycles. The summed E-state index contributed by atoms with van der Waals surface area (Å²) in [5, 5.41) is 0. The summed E-state index contributed by atoms with van der Waals surface area (Å²) in [5.74, 6) is 0.579. The molecule has 0 saturated heterocycles. The fourth-order valence-corrected chi connectivity index (χ4v) is 1.89. The van der Waals surface area contributed by atoms with Crippen LogP contribution >= 0.6 is 15.9 Å². The quantitative estimate of drug-likeness (QED) is 0.385. The Labute approximate surface area is 135 Å². The van der Waals surface area contributed by atoms with Crippen molar-refractivity contribution in [1.29, 1.82) is 0 Å². The number of ether oxygens (including phenoxy) is 2. The van der Waals surface area contributed by atoms with Gasteiger partial charge in [0.05, 0.1) is 28.8 Å². The summed E-state index contributed by atoms with van der Waals surface area (Å²) in [5.41, 5.74) is 1.67. The lowest BCUT2D eigenvalue weighted by Crippen LogP contribution is -2.14. The lowest BCUT2D eigenvalue weighted by molar-refractivity contribution is 0.0987. The lowest BCUT2D eigenvalue weighted by Gasteiger charge is -2.11. The monoisotopic (exact) mass is 357 g/mol. The van der Waals surface area contributed by atoms with E-state index < -0.39 is 0 Å². The minimum absolute atomic E-state index is 0.492. The van der Waals surface area contributed by atoms with Gasteiger partial charge in [-0.3, -0.25) is 0 Å². The maximum atomic E-state index is 5.62. The number of pyridine rings is 1. The normalized spacial score (nSPS) is 11.1. The number of aliphatic imine (C=N–C) groups is 1. The van der Waals surface area contributed by atoms with Gasteiger partial charge in [0.1, 0.15) is 6.61 Å². The highest BCUT2D eigenvalue weighted by Gasteiger charge is 2.08. The molecule has 0 aliphatic heterocycles. The number of aromatic nitrogens is 1. The van der Waals surface area contributed by atoms with Crippen LogP contribution in [-0.4, -0.2) is 49.6 Å². The number of rotatable bonds is 9. The van der Waals surface area contributed by atoms with Gasteiger partial charge in [0.15, 0.2) is 0 Å². The predicted octanol–water partition coefficient (Wildman–Crippen LogP) is 3.57. The van der Waals surface area contributed by atoms with E-state index in [1.54, 1.807) is 6.34 Å². The summed E-state index contributed by atoms with van der Waals surface area (Å²) in [6.45, 7) is 8.81. The molecule has 0 bridgehead atoms. The minimum Gasteiger partial charge on any atom is -0.474 e. The summed E-state index contributed by atoms with van der Waals surface area (Å²) in [6, 6.07) is 1.92. The predicted molar refractivity (Wildman–Crippen MR) is 89.7 cm³/mol. The van der Waals surface area contributed by atoms with Crippen molar-refractivity contribution in [1.82, 2.24) is 9.88 Å². The zero-order valence-electron chi connectivity index (χ0n) is 13.2. The van der Waals surface area contributed by atoms with Gasteiger partial charge >= 0.3 is 0 Å². The molecule has 21 heavy (non-hydrogen) atoms. The van der Waals surface area contributed by atoms with Crippen LogP contribution in [0, 0.1) is 6.92 Å². The van der Waals surface area contributed by atoms with E-state index >= 15 is 0 Å². The first-order chi connectivity index (χ1) is 10.1. The van der Waals surface area contributed by atoms with Crippen LogP contribution in [0.4, 0.5) is 5.69 Å². The fourth-order valence-electron chi connectivity index (χ4n) is 1.47. The number of halogens is 1. The van der Waals surface area contributed by atoms with Gasteiger partial charge in [-0.05, 0) is 42.3 Å². The van der Waals surface area contributed by atoms with Crippen LogP contribution in [0.2, 0.25) is 0 Å². The third-order valence-corrected chi connectivity index (χ3v) is 3.38. The van der Waals surface area contributed by atoms with Gasteiger partial charge < -0.3 is 14.4 Å². The molecule has 0 radical (unpaired) electrons. The molecule has 0 amide bonds. The molecule has 0 saturated carbocycles. The number of hydrogen-bond acceptors (Lipinski definition) is 4. The van der Waals surface area contributed by atoms with Crippen LogP contribution in [0.15, 0.2) is 15.5 Å². The molecular formula is C15H24BrN3O2. The molecule has 0 aliphatic rings. The molecule has 0 aliphatic carbocycles. The van der Waals surface area contributed by atoms with Crippen LogP contribution in [0.3, 0.4) is 0 Å². The van der Waals surface area contributed by atoms with E-state index in [1.807, 2.05) is 24.9 Å². The Kier molecular flexibility index (Phi) is 8.30. The first-order valence-corrected chi connectivity index (χ1v) is 7.99. The second kappa shape index (κ2) is 9.73. The van der Waals surface area contributed by atoms with E-state index in [0.29, 0.717) is 19.1 Å². The molecule has 0 fully saturated rings. The first-order valence-electron chi connectivity index (χ1n) is 7.20. The molecule has 0 N–H and O–H groups in total. The van der Waals surface area contributed by atoms with Crippen LogP contribution < -0.4 is 4.74 Å². The van der Waals surface area contributed by atoms with Gasteiger partial charge in [-0.1, -0.05) is 6.92 Å². The maximum Gasteiger partial charge on any atom is 0.228 e. The Morgan fingerprint density at radius 2 is 2.10 bits per heavy atom. The SMILES string of the molecule is CCCOCCOc1nc(C)c(/N=C/N(C)CC)cc1Br. The zero-order chi connectivity index (χ0) is 15.7. The Balaban J connectivity index is 2.64. The van der Waals surface area contributed by atoms with E-state index in [-0.39, 0.29) is 0 Å². The highest BCUT2D eigenvalue weighted by Crippen LogP contribution is 2.29. The molecule has 0 unspecified atom stereocenters. The summed E-state index contributed by atoms with van der Waals surface area (Å²) in [4.78, 5) is 10.9. The summed E-state index contributed by atoms with van der Waals surface area (Å²) in [7, 11) is 1.98. The fraction of sp³-hybridized carbons (Fsp3) is 0.600. The van der Waals surface area contributed by atoms with E-state index in [0.717, 1.165) is 35.4 Å². The standard InChI is InChI=1S/C15H24BrN3O2/c1-5-7-20-8-9-21-15-13(16)10-14(12(3)18-15)17-11-19(4)6-2/h10-11H,5-9H2,1-4H3/b17-11+. The van der Waals surface area contributed by atoms with Crippen molar-refractivity contribution in [2.24, 2.45) is 4.99 Å². The van der Waals surface area contributed by atoms with Crippen molar-refractivity contribution in [2.75, 3.05) is 33.4 Å². The molecule has 0 aromatic carbocycles. The van der Waals surface area contributed by atoms with Crippen molar-refractivity contribution in [3.63, 3.8) is 0 Å². The number of aryl methyl sites for hydroxylation is 1. The molecule has 1 aromatic rings. The molecule has 0 atom stereocenters. The van der Waals surface area contributed by atoms with Crippen molar-refractivity contribution in [2.45, 2.75) is 27.2 Å². The smallest absolute Gasteiger partial charge is 0.228 e. The van der Waals surface area contributed by atoms with Gasteiger partial charge in [0.25, 0.3) is 0 Å². The molecule has 0 spiro atoms. The van der Waals surface area contributed by atoms with Gasteiger partial charge in [0.2, 0.25) is 5.88 Å². The molecular weight excluding hydrogens is 334 g/mol. The highest BCUT2D eigenvalue weighted by molar-refractivity contribution is 9.10. The minimum atomic E-state index is 0.492. The van der Waals surface area contributed by atoms with Crippen molar-refractivity contribution in [3.05, 3.63) is 16.2 Å². The second-order valence-corrected chi connectivity index (χ2v) is 5.51. The Morgan fingerprint density at radius 3 is 2.76 bits per heavy atom. The lowest BCUT2D eigenvalue weighted by atomic mass is 10.3. The average molecular weight is 358 g/mol. The van der Waals surface area contributed by atoms with Crippen molar-refractivity contribution >= 4 is 28.0 Å². The Hall–Kier alpha value is -1.14. The van der Waals surface area contributed by atoms with E-state index in [2.05, 4.69) is 39.8 Å². The van der Waals surface area contributed by atoms with Gasteiger partial charge in [0, 0.05) is 20.2 Å². The van der Waals surface area contributed by atoms with Crippen molar-refractivity contribution in [3.8, 4) is 5.88 Å². The maximum absolute atomic E-state index is 5.62. The van der Waals surface area contributed by atoms with Crippen molar-refractivity contribution < 1.29 is 9.47 Å². The largest absolute Gasteiger partial charge is 0.474 e. The third-order valence-electron chi connectivity index (χ3n) is 2.82. The first kappa shape index (κ1) is 17.9. The molecule has 118 valence electrons. The van der Waals surface area contributed by atoms with E-state index in [1.165, 1.54) is 0 Å². The molecule has 1 rings (SSSR count). The molecule has 1 aromatic heterocycles. The topological polar surface area (TPSA) is 47.0 Å². The number of hydrogen-bond donors (Lipinski definition) is 0. The van der Waals surface area contributed by atoms with E-state index in [9.17, 15) is 0 Å². The Morgan fingerprint density at radius 1 is 1.33 bits per heavy atom. The summed E-state index contributed by atoms with van der Waals surface area (Å²) < 4.78 is 11.8. The van der Waals surface area contributed by atoms with Gasteiger partial charge in [-0.2, -0.15) is 0 Å². The molecule has 6 heteroatoms. The van der Waals surface area contributed by atoms with E-state index in [4.69, 9.17) is 9.47 Å². The zero-order valence-corrected chi connectivity index (χ0v) is 14.8. The third kappa shape index (κ3) is 6.44. The summed E-state index contributed by atoms with van der Waals surface area (Å²) >= 11 is 3.47. The molecule has 5 nitrogen and oxygen atoms in total. The van der Waals surface area contributed by atoms with Gasteiger partial charge in [-0.15, -0.1) is 0 Å². The van der Waals surface area contributed by atoms with Crippen LogP contribution in [-0.2, 0) is 4.74 Å². The summed E-state index contributed by atoms with van der Waals surface area (Å²) in [6.07, 6.45) is 2.82. The Bertz CT molecular complexity index is 466. The van der Waals surface area contributed by atoms with Gasteiger partial charge in [-0.25, -0.2) is 9.98 Å². The van der Waals surface area contributed by atoms with Crippen LogP contribution in [0.5, 0.6) is 5.88 Å².